The minimum absolute atomic E-state index is 0.541. The zero-order valence-electron chi connectivity index (χ0n) is 8.18. The maximum atomic E-state index is 3.79. The minimum atomic E-state index is 0.541. The van der Waals surface area contributed by atoms with Crippen molar-refractivity contribution in [3.63, 3.8) is 0 Å². The van der Waals surface area contributed by atoms with Crippen molar-refractivity contribution in [1.29, 1.82) is 0 Å². The lowest BCUT2D eigenvalue weighted by Crippen LogP contribution is -1.96. The van der Waals surface area contributed by atoms with E-state index in [-0.39, 0.29) is 0 Å². The standard InChI is InChI=1S/C12H15Br/c1-4-9(2)7-11-6-5-10(3)8-12(11)13/h4-6,8-9H,1,7H2,2-3H3. The topological polar surface area (TPSA) is 0 Å². The number of hydrogen-bond acceptors (Lipinski definition) is 0. The molecule has 1 aromatic carbocycles. The van der Waals surface area contributed by atoms with Gasteiger partial charge in [0.15, 0.2) is 0 Å². The molecule has 0 fully saturated rings. The zero-order valence-corrected chi connectivity index (χ0v) is 9.76. The summed E-state index contributed by atoms with van der Waals surface area (Å²) in [5, 5.41) is 0. The molecule has 0 saturated carbocycles. The Labute approximate surface area is 88.8 Å². The summed E-state index contributed by atoms with van der Waals surface area (Å²) in [6.07, 6.45) is 3.05. The number of allylic oxidation sites excluding steroid dienone is 1. The SMILES string of the molecule is C=CC(C)Cc1ccc(C)cc1Br. The fraction of sp³-hybridized carbons (Fsp3) is 0.333. The maximum absolute atomic E-state index is 3.79. The van der Waals surface area contributed by atoms with Crippen molar-refractivity contribution in [2.75, 3.05) is 0 Å². The quantitative estimate of drug-likeness (QED) is 0.696. The summed E-state index contributed by atoms with van der Waals surface area (Å²) in [6, 6.07) is 6.49. The van der Waals surface area contributed by atoms with Crippen LogP contribution < -0.4 is 0 Å². The van der Waals surface area contributed by atoms with Crippen LogP contribution in [0.4, 0.5) is 0 Å². The number of benzene rings is 1. The highest BCUT2D eigenvalue weighted by Gasteiger charge is 2.03. The third-order valence-electron chi connectivity index (χ3n) is 2.15. The summed E-state index contributed by atoms with van der Waals surface area (Å²) in [4.78, 5) is 0. The van der Waals surface area contributed by atoms with E-state index in [2.05, 4.69) is 54.6 Å². The first kappa shape index (κ1) is 10.5. The third-order valence-corrected chi connectivity index (χ3v) is 2.89. The average Bonchev–Trinajstić information content (AvgIpc) is 2.09. The van der Waals surface area contributed by atoms with Gasteiger partial charge in [-0.1, -0.05) is 41.1 Å². The molecule has 0 aromatic heterocycles. The highest BCUT2D eigenvalue weighted by molar-refractivity contribution is 9.10. The van der Waals surface area contributed by atoms with Crippen LogP contribution in [0.25, 0.3) is 0 Å². The van der Waals surface area contributed by atoms with Crippen LogP contribution in [0.5, 0.6) is 0 Å². The molecule has 1 rings (SSSR count). The Bertz CT molecular complexity index is 302. The lowest BCUT2D eigenvalue weighted by atomic mass is 10.0. The van der Waals surface area contributed by atoms with Crippen molar-refractivity contribution in [2.45, 2.75) is 20.3 Å². The van der Waals surface area contributed by atoms with Crippen LogP contribution in [0.15, 0.2) is 35.3 Å². The molecular formula is C12H15Br. The average molecular weight is 239 g/mol. The molecule has 0 saturated heterocycles. The normalized spacial score (nSPS) is 12.5. The Morgan fingerprint density at radius 2 is 2.23 bits per heavy atom. The van der Waals surface area contributed by atoms with Gasteiger partial charge in [-0.15, -0.1) is 6.58 Å². The van der Waals surface area contributed by atoms with E-state index < -0.39 is 0 Å². The van der Waals surface area contributed by atoms with Crippen LogP contribution in [0.1, 0.15) is 18.1 Å². The molecule has 1 heteroatoms. The van der Waals surface area contributed by atoms with Crippen LogP contribution in [-0.2, 0) is 6.42 Å². The van der Waals surface area contributed by atoms with Gasteiger partial charge in [-0.2, -0.15) is 0 Å². The smallest absolute Gasteiger partial charge is 0.0210 e. The Hall–Kier alpha value is -0.560. The zero-order chi connectivity index (χ0) is 9.84. The van der Waals surface area contributed by atoms with Gasteiger partial charge in [0.2, 0.25) is 0 Å². The summed E-state index contributed by atoms with van der Waals surface area (Å²) in [5.74, 6) is 0.541. The van der Waals surface area contributed by atoms with Crippen molar-refractivity contribution in [2.24, 2.45) is 5.92 Å². The van der Waals surface area contributed by atoms with Gasteiger partial charge in [0.25, 0.3) is 0 Å². The number of aryl methyl sites for hydroxylation is 1. The van der Waals surface area contributed by atoms with Crippen molar-refractivity contribution in [3.05, 3.63) is 46.5 Å². The van der Waals surface area contributed by atoms with Crippen molar-refractivity contribution in [1.82, 2.24) is 0 Å². The Balaban J connectivity index is 2.83. The van der Waals surface area contributed by atoms with Gasteiger partial charge >= 0.3 is 0 Å². The van der Waals surface area contributed by atoms with E-state index in [9.17, 15) is 0 Å². The van der Waals surface area contributed by atoms with Crippen LogP contribution in [0, 0.1) is 12.8 Å². The minimum Gasteiger partial charge on any atom is -0.103 e. The molecule has 1 aromatic rings. The predicted molar refractivity (Wildman–Crippen MR) is 61.9 cm³/mol. The molecule has 0 radical (unpaired) electrons. The van der Waals surface area contributed by atoms with Crippen LogP contribution >= 0.6 is 15.9 Å². The van der Waals surface area contributed by atoms with Gasteiger partial charge in [-0.3, -0.25) is 0 Å². The summed E-state index contributed by atoms with van der Waals surface area (Å²) in [6.45, 7) is 8.07. The summed E-state index contributed by atoms with van der Waals surface area (Å²) in [7, 11) is 0. The van der Waals surface area contributed by atoms with Gasteiger partial charge in [0, 0.05) is 4.47 Å². The Morgan fingerprint density at radius 3 is 2.77 bits per heavy atom. The molecule has 0 N–H and O–H groups in total. The molecule has 0 aliphatic heterocycles. The molecule has 13 heavy (non-hydrogen) atoms. The van der Waals surface area contributed by atoms with Crippen LogP contribution in [0.3, 0.4) is 0 Å². The molecule has 0 nitrogen and oxygen atoms in total. The molecule has 0 aliphatic carbocycles. The van der Waals surface area contributed by atoms with Gasteiger partial charge in [-0.05, 0) is 36.5 Å². The largest absolute Gasteiger partial charge is 0.103 e. The lowest BCUT2D eigenvalue weighted by molar-refractivity contribution is 0.723. The van der Waals surface area contributed by atoms with E-state index >= 15 is 0 Å². The summed E-state index contributed by atoms with van der Waals surface area (Å²) in [5.41, 5.74) is 2.65. The summed E-state index contributed by atoms with van der Waals surface area (Å²) >= 11 is 3.57. The first-order valence-corrected chi connectivity index (χ1v) is 5.30. The Kier molecular flexibility index (Phi) is 3.73. The molecule has 70 valence electrons. The molecule has 0 heterocycles. The third kappa shape index (κ3) is 3.00. The first-order chi connectivity index (χ1) is 6.13. The second-order valence-corrected chi connectivity index (χ2v) is 4.37. The monoisotopic (exact) mass is 238 g/mol. The van der Waals surface area contributed by atoms with Gasteiger partial charge in [0.1, 0.15) is 0 Å². The van der Waals surface area contributed by atoms with Crippen LogP contribution in [-0.4, -0.2) is 0 Å². The van der Waals surface area contributed by atoms with Crippen molar-refractivity contribution >= 4 is 15.9 Å². The molecule has 0 spiro atoms. The molecule has 1 atom stereocenters. The fourth-order valence-electron chi connectivity index (χ4n) is 1.25. The van der Waals surface area contributed by atoms with E-state index in [1.807, 2.05) is 6.08 Å². The van der Waals surface area contributed by atoms with Gasteiger partial charge < -0.3 is 0 Å². The van der Waals surface area contributed by atoms with Gasteiger partial charge in [0.05, 0.1) is 0 Å². The number of halogens is 1. The Morgan fingerprint density at radius 1 is 1.54 bits per heavy atom. The van der Waals surface area contributed by atoms with E-state index in [0.717, 1.165) is 6.42 Å². The maximum Gasteiger partial charge on any atom is 0.0210 e. The van der Waals surface area contributed by atoms with Gasteiger partial charge in [-0.25, -0.2) is 0 Å². The molecular weight excluding hydrogens is 224 g/mol. The highest BCUT2D eigenvalue weighted by Crippen LogP contribution is 2.21. The van der Waals surface area contributed by atoms with E-state index in [1.165, 1.54) is 15.6 Å². The predicted octanol–water partition coefficient (Wildman–Crippen LogP) is 4.12. The number of rotatable bonds is 3. The molecule has 0 aliphatic rings. The second-order valence-electron chi connectivity index (χ2n) is 3.51. The summed E-state index contributed by atoms with van der Waals surface area (Å²) < 4.78 is 1.21. The van der Waals surface area contributed by atoms with E-state index in [0.29, 0.717) is 5.92 Å². The molecule has 0 bridgehead atoms. The molecule has 1 unspecified atom stereocenters. The fourth-order valence-corrected chi connectivity index (χ4v) is 1.90. The second kappa shape index (κ2) is 4.61. The van der Waals surface area contributed by atoms with Crippen molar-refractivity contribution < 1.29 is 0 Å². The van der Waals surface area contributed by atoms with E-state index in [4.69, 9.17) is 0 Å². The van der Waals surface area contributed by atoms with Crippen LogP contribution in [0.2, 0.25) is 0 Å². The number of hydrogen-bond donors (Lipinski definition) is 0. The van der Waals surface area contributed by atoms with Crippen molar-refractivity contribution in [3.8, 4) is 0 Å². The molecule has 0 amide bonds. The first-order valence-electron chi connectivity index (χ1n) is 4.51. The lowest BCUT2D eigenvalue weighted by Gasteiger charge is -2.08. The van der Waals surface area contributed by atoms with E-state index in [1.54, 1.807) is 0 Å². The highest BCUT2D eigenvalue weighted by atomic mass is 79.9.